The van der Waals surface area contributed by atoms with Crippen LogP contribution in [0.3, 0.4) is 0 Å². The average Bonchev–Trinajstić information content (AvgIpc) is 2.38. The van der Waals surface area contributed by atoms with Gasteiger partial charge in [0, 0.05) is 18.6 Å². The van der Waals surface area contributed by atoms with Gasteiger partial charge in [0.15, 0.2) is 0 Å². The van der Waals surface area contributed by atoms with E-state index in [9.17, 15) is 0 Å². The number of hydrogen-bond donors (Lipinski definition) is 1. The van der Waals surface area contributed by atoms with E-state index in [4.69, 9.17) is 0 Å². The monoisotopic (exact) mass is 238 g/mol. The average molecular weight is 238 g/mol. The highest BCUT2D eigenvalue weighted by Gasteiger charge is 2.25. The molecule has 1 saturated carbocycles. The molecular formula is C15H30N2. The van der Waals surface area contributed by atoms with Gasteiger partial charge < -0.3 is 5.32 Å². The lowest BCUT2D eigenvalue weighted by Gasteiger charge is -2.38. The second-order valence-corrected chi connectivity index (χ2v) is 6.15. The molecule has 1 saturated heterocycles. The minimum absolute atomic E-state index is 0.767. The molecule has 0 amide bonds. The van der Waals surface area contributed by atoms with Gasteiger partial charge in [0.25, 0.3) is 0 Å². The zero-order chi connectivity index (χ0) is 12.1. The third-order valence-electron chi connectivity index (χ3n) is 4.78. The Balaban J connectivity index is 1.78. The van der Waals surface area contributed by atoms with Gasteiger partial charge in [0.2, 0.25) is 0 Å². The van der Waals surface area contributed by atoms with E-state index in [-0.39, 0.29) is 0 Å². The first-order chi connectivity index (χ1) is 8.29. The van der Waals surface area contributed by atoms with Gasteiger partial charge >= 0.3 is 0 Å². The Kier molecular flexibility index (Phi) is 5.30. The van der Waals surface area contributed by atoms with Crippen LogP contribution in [0.1, 0.15) is 58.8 Å². The molecule has 1 atom stereocenters. The zero-order valence-corrected chi connectivity index (χ0v) is 11.8. The number of hydrogen-bond acceptors (Lipinski definition) is 2. The Morgan fingerprint density at radius 3 is 2.41 bits per heavy atom. The molecule has 1 N–H and O–H groups in total. The summed E-state index contributed by atoms with van der Waals surface area (Å²) < 4.78 is 0. The normalized spacial score (nSPS) is 35.1. The minimum Gasteiger partial charge on any atom is -0.313 e. The van der Waals surface area contributed by atoms with Gasteiger partial charge in [-0.15, -0.1) is 0 Å². The third kappa shape index (κ3) is 3.96. The molecule has 1 aliphatic heterocycles. The summed E-state index contributed by atoms with van der Waals surface area (Å²) in [6, 6.07) is 1.64. The summed E-state index contributed by atoms with van der Waals surface area (Å²) in [6.45, 7) is 8.51. The lowest BCUT2D eigenvalue weighted by Crippen LogP contribution is -2.48. The van der Waals surface area contributed by atoms with Crippen molar-refractivity contribution in [1.82, 2.24) is 10.2 Å². The molecule has 0 aromatic carbocycles. The van der Waals surface area contributed by atoms with Crippen LogP contribution in [0.15, 0.2) is 0 Å². The van der Waals surface area contributed by atoms with Crippen LogP contribution in [-0.2, 0) is 0 Å². The lowest BCUT2D eigenvalue weighted by atomic mass is 9.86. The second-order valence-electron chi connectivity index (χ2n) is 6.15. The SMILES string of the molecule is CCN(CC1CCCCN1)C1CCC(C)CC1. The van der Waals surface area contributed by atoms with Crippen molar-refractivity contribution < 1.29 is 0 Å². The van der Waals surface area contributed by atoms with Gasteiger partial charge in [-0.25, -0.2) is 0 Å². The maximum Gasteiger partial charge on any atom is 0.0195 e. The van der Waals surface area contributed by atoms with E-state index in [1.54, 1.807) is 0 Å². The van der Waals surface area contributed by atoms with Gasteiger partial charge in [-0.1, -0.05) is 20.3 Å². The summed E-state index contributed by atoms with van der Waals surface area (Å²) >= 11 is 0. The Bertz CT molecular complexity index is 203. The van der Waals surface area contributed by atoms with Crippen molar-refractivity contribution in [2.75, 3.05) is 19.6 Å². The summed E-state index contributed by atoms with van der Waals surface area (Å²) in [7, 11) is 0. The molecule has 2 rings (SSSR count). The van der Waals surface area contributed by atoms with Gasteiger partial charge in [-0.05, 0) is 57.5 Å². The lowest BCUT2D eigenvalue weighted by molar-refractivity contribution is 0.127. The first-order valence-corrected chi connectivity index (χ1v) is 7.77. The quantitative estimate of drug-likeness (QED) is 0.810. The molecule has 1 aliphatic carbocycles. The molecule has 2 fully saturated rings. The van der Waals surface area contributed by atoms with E-state index in [0.717, 1.165) is 18.0 Å². The molecular weight excluding hydrogens is 208 g/mol. The molecule has 2 aliphatic rings. The van der Waals surface area contributed by atoms with E-state index in [1.807, 2.05) is 0 Å². The smallest absolute Gasteiger partial charge is 0.0195 e. The van der Waals surface area contributed by atoms with Crippen molar-refractivity contribution in [2.24, 2.45) is 5.92 Å². The van der Waals surface area contributed by atoms with Gasteiger partial charge in [0.05, 0.1) is 0 Å². The highest BCUT2D eigenvalue weighted by molar-refractivity contribution is 4.82. The molecule has 0 bridgehead atoms. The molecule has 2 nitrogen and oxygen atoms in total. The fourth-order valence-electron chi connectivity index (χ4n) is 3.51. The van der Waals surface area contributed by atoms with Crippen LogP contribution in [0.5, 0.6) is 0 Å². The molecule has 1 unspecified atom stereocenters. The van der Waals surface area contributed by atoms with Gasteiger partial charge in [-0.2, -0.15) is 0 Å². The summed E-state index contributed by atoms with van der Waals surface area (Å²) in [5.41, 5.74) is 0. The highest BCUT2D eigenvalue weighted by atomic mass is 15.2. The predicted molar refractivity (Wildman–Crippen MR) is 74.3 cm³/mol. The Labute approximate surface area is 107 Å². The van der Waals surface area contributed by atoms with Crippen LogP contribution < -0.4 is 5.32 Å². The summed E-state index contributed by atoms with van der Waals surface area (Å²) in [4.78, 5) is 2.74. The van der Waals surface area contributed by atoms with Crippen molar-refractivity contribution in [2.45, 2.75) is 70.9 Å². The summed E-state index contributed by atoms with van der Waals surface area (Å²) in [5.74, 6) is 0.970. The number of rotatable bonds is 4. The maximum absolute atomic E-state index is 3.69. The molecule has 17 heavy (non-hydrogen) atoms. The summed E-state index contributed by atoms with van der Waals surface area (Å²) in [6.07, 6.45) is 9.95. The molecule has 0 aromatic heterocycles. The Morgan fingerprint density at radius 2 is 1.82 bits per heavy atom. The molecule has 2 heteroatoms. The topological polar surface area (TPSA) is 15.3 Å². The van der Waals surface area contributed by atoms with E-state index < -0.39 is 0 Å². The number of nitrogens with zero attached hydrogens (tertiary/aromatic N) is 1. The maximum atomic E-state index is 3.69. The largest absolute Gasteiger partial charge is 0.313 e. The van der Waals surface area contributed by atoms with E-state index >= 15 is 0 Å². The molecule has 100 valence electrons. The molecule has 1 heterocycles. The number of likely N-dealkylation sites (N-methyl/N-ethyl adjacent to an activating group) is 1. The minimum atomic E-state index is 0.767. The van der Waals surface area contributed by atoms with Crippen LogP contribution in [0.4, 0.5) is 0 Å². The Morgan fingerprint density at radius 1 is 1.06 bits per heavy atom. The summed E-state index contributed by atoms with van der Waals surface area (Å²) in [5, 5.41) is 3.69. The first-order valence-electron chi connectivity index (χ1n) is 7.77. The molecule has 0 spiro atoms. The van der Waals surface area contributed by atoms with E-state index in [0.29, 0.717) is 0 Å². The third-order valence-corrected chi connectivity index (χ3v) is 4.78. The van der Waals surface area contributed by atoms with E-state index in [1.165, 1.54) is 64.6 Å². The van der Waals surface area contributed by atoms with Crippen LogP contribution >= 0.6 is 0 Å². The Hall–Kier alpha value is -0.0800. The van der Waals surface area contributed by atoms with Crippen LogP contribution in [0.25, 0.3) is 0 Å². The van der Waals surface area contributed by atoms with Crippen molar-refractivity contribution >= 4 is 0 Å². The van der Waals surface area contributed by atoms with Crippen LogP contribution in [-0.4, -0.2) is 36.6 Å². The van der Waals surface area contributed by atoms with Gasteiger partial charge in [0.1, 0.15) is 0 Å². The van der Waals surface area contributed by atoms with Crippen molar-refractivity contribution in [1.29, 1.82) is 0 Å². The molecule has 0 aromatic rings. The standard InChI is InChI=1S/C15H30N2/c1-3-17(12-14-6-4-5-11-16-14)15-9-7-13(2)8-10-15/h13-16H,3-12H2,1-2H3. The predicted octanol–water partition coefficient (Wildman–Crippen LogP) is 3.03. The van der Waals surface area contributed by atoms with Crippen LogP contribution in [0, 0.1) is 5.92 Å². The fourth-order valence-corrected chi connectivity index (χ4v) is 3.51. The highest BCUT2D eigenvalue weighted by Crippen LogP contribution is 2.27. The first kappa shape index (κ1) is 13.4. The van der Waals surface area contributed by atoms with Gasteiger partial charge in [-0.3, -0.25) is 4.90 Å². The zero-order valence-electron chi connectivity index (χ0n) is 11.8. The van der Waals surface area contributed by atoms with Crippen LogP contribution in [0.2, 0.25) is 0 Å². The number of nitrogens with one attached hydrogen (secondary N) is 1. The second kappa shape index (κ2) is 6.75. The molecule has 0 radical (unpaired) electrons. The number of piperidine rings is 1. The van der Waals surface area contributed by atoms with Crippen molar-refractivity contribution in [3.05, 3.63) is 0 Å². The van der Waals surface area contributed by atoms with E-state index in [2.05, 4.69) is 24.1 Å². The fraction of sp³-hybridized carbons (Fsp3) is 1.00. The van der Waals surface area contributed by atoms with Crippen molar-refractivity contribution in [3.63, 3.8) is 0 Å². The van der Waals surface area contributed by atoms with Crippen molar-refractivity contribution in [3.8, 4) is 0 Å².